The fraction of sp³-hybridized carbons (Fsp3) is 0.222. The predicted molar refractivity (Wildman–Crippen MR) is 93.9 cm³/mol. The molecule has 0 atom stereocenters. The van der Waals surface area contributed by atoms with Gasteiger partial charge in [0.1, 0.15) is 12.4 Å². The van der Waals surface area contributed by atoms with Gasteiger partial charge in [-0.1, -0.05) is 23.7 Å². The fourth-order valence-electron chi connectivity index (χ4n) is 2.25. The van der Waals surface area contributed by atoms with Gasteiger partial charge in [-0.15, -0.1) is 0 Å². The summed E-state index contributed by atoms with van der Waals surface area (Å²) in [5.74, 6) is 0.561. The summed E-state index contributed by atoms with van der Waals surface area (Å²) >= 11 is 6.13. The summed E-state index contributed by atoms with van der Waals surface area (Å²) in [5.41, 5.74) is 1.07. The molecular weight excluding hydrogens is 342 g/mol. The second-order valence-corrected chi connectivity index (χ2v) is 5.75. The smallest absolute Gasteiger partial charge is 0.271 e. The van der Waals surface area contributed by atoms with Crippen molar-refractivity contribution in [3.63, 3.8) is 0 Å². The number of hydrogen-bond acceptors (Lipinski definition) is 4. The van der Waals surface area contributed by atoms with Crippen LogP contribution in [0.4, 0.5) is 0 Å². The highest BCUT2D eigenvalue weighted by molar-refractivity contribution is 6.32. The van der Waals surface area contributed by atoms with Gasteiger partial charge < -0.3 is 14.5 Å². The Hall–Kier alpha value is -2.57. The van der Waals surface area contributed by atoms with Crippen molar-refractivity contribution < 1.29 is 13.9 Å². The van der Waals surface area contributed by atoms with Crippen molar-refractivity contribution in [1.29, 1.82) is 0 Å². The number of amides is 1. The first kappa shape index (κ1) is 17.3. The zero-order valence-electron chi connectivity index (χ0n) is 13.5. The molecule has 0 fully saturated rings. The Morgan fingerprint density at radius 3 is 2.92 bits per heavy atom. The van der Waals surface area contributed by atoms with Gasteiger partial charge in [-0.2, -0.15) is 5.10 Å². The summed E-state index contributed by atoms with van der Waals surface area (Å²) in [6.45, 7) is 1.48. The summed E-state index contributed by atoms with van der Waals surface area (Å²) in [6, 6.07) is 12.7. The minimum Gasteiger partial charge on any atom is -0.467 e. The number of nitrogens with zero attached hydrogens (tertiary/aromatic N) is 2. The SMILES string of the molecule is O=C(NCCCOCc1ccco1)c1ccn(-c2ccccc2Cl)n1. The molecule has 1 N–H and O–H groups in total. The number of hydrogen-bond donors (Lipinski definition) is 1. The van der Waals surface area contributed by atoms with E-state index in [4.69, 9.17) is 20.8 Å². The lowest BCUT2D eigenvalue weighted by Gasteiger charge is -2.05. The molecule has 0 spiro atoms. The molecule has 130 valence electrons. The first-order valence-electron chi connectivity index (χ1n) is 7.93. The summed E-state index contributed by atoms with van der Waals surface area (Å²) in [6.07, 6.45) is 4.03. The lowest BCUT2D eigenvalue weighted by atomic mass is 10.3. The van der Waals surface area contributed by atoms with Gasteiger partial charge >= 0.3 is 0 Å². The normalized spacial score (nSPS) is 10.8. The monoisotopic (exact) mass is 359 g/mol. The van der Waals surface area contributed by atoms with Crippen molar-refractivity contribution >= 4 is 17.5 Å². The molecule has 0 aliphatic heterocycles. The van der Waals surface area contributed by atoms with Crippen LogP contribution in [0.5, 0.6) is 0 Å². The van der Waals surface area contributed by atoms with Crippen molar-refractivity contribution in [2.75, 3.05) is 13.2 Å². The van der Waals surface area contributed by atoms with Crippen LogP contribution < -0.4 is 5.32 Å². The van der Waals surface area contributed by atoms with Crippen molar-refractivity contribution in [2.24, 2.45) is 0 Å². The molecule has 3 rings (SSSR count). The highest BCUT2D eigenvalue weighted by atomic mass is 35.5. The molecule has 2 aromatic heterocycles. The predicted octanol–water partition coefficient (Wildman–Crippen LogP) is 3.46. The van der Waals surface area contributed by atoms with Gasteiger partial charge in [0, 0.05) is 19.3 Å². The van der Waals surface area contributed by atoms with Gasteiger partial charge in [0.05, 0.1) is 17.0 Å². The third kappa shape index (κ3) is 4.71. The van der Waals surface area contributed by atoms with Gasteiger partial charge in [-0.05, 0) is 36.8 Å². The lowest BCUT2D eigenvalue weighted by Crippen LogP contribution is -2.25. The maximum Gasteiger partial charge on any atom is 0.271 e. The highest BCUT2D eigenvalue weighted by Crippen LogP contribution is 2.18. The number of rotatable bonds is 8. The molecule has 1 amide bonds. The molecule has 25 heavy (non-hydrogen) atoms. The molecule has 3 aromatic rings. The standard InChI is InChI=1S/C18H18ClN3O3/c19-15-6-1-2-7-17(15)22-10-8-16(21-22)18(23)20-9-4-11-24-13-14-5-3-12-25-14/h1-3,5-8,10,12H,4,9,11,13H2,(H,20,23). The van der Waals surface area contributed by atoms with Crippen LogP contribution in [0.15, 0.2) is 59.3 Å². The molecule has 0 unspecified atom stereocenters. The minimum absolute atomic E-state index is 0.225. The molecule has 1 aromatic carbocycles. The summed E-state index contributed by atoms with van der Waals surface area (Å²) in [5, 5.41) is 7.66. The Morgan fingerprint density at radius 1 is 1.24 bits per heavy atom. The first-order chi connectivity index (χ1) is 12.2. The van der Waals surface area contributed by atoms with Crippen molar-refractivity contribution in [1.82, 2.24) is 15.1 Å². The van der Waals surface area contributed by atoms with E-state index < -0.39 is 0 Å². The van der Waals surface area contributed by atoms with E-state index in [0.717, 1.165) is 11.4 Å². The Kier molecular flexibility index (Phi) is 5.87. The van der Waals surface area contributed by atoms with Gasteiger partial charge in [0.25, 0.3) is 5.91 Å². The number of furan rings is 1. The van der Waals surface area contributed by atoms with Gasteiger partial charge in [0.2, 0.25) is 0 Å². The number of aromatic nitrogens is 2. The highest BCUT2D eigenvalue weighted by Gasteiger charge is 2.10. The number of benzene rings is 1. The number of halogens is 1. The third-order valence-corrected chi connectivity index (χ3v) is 3.82. The van der Waals surface area contributed by atoms with Crippen LogP contribution in [0.1, 0.15) is 22.7 Å². The van der Waals surface area contributed by atoms with Crippen LogP contribution in [-0.2, 0) is 11.3 Å². The van der Waals surface area contributed by atoms with E-state index in [1.165, 1.54) is 0 Å². The number of carbonyl (C=O) groups excluding carboxylic acids is 1. The molecular formula is C18H18ClN3O3. The summed E-state index contributed by atoms with van der Waals surface area (Å²) < 4.78 is 12.2. The molecule has 7 heteroatoms. The zero-order chi connectivity index (χ0) is 17.5. The minimum atomic E-state index is -0.225. The van der Waals surface area contributed by atoms with Crippen LogP contribution in [0.3, 0.4) is 0 Å². The van der Waals surface area contributed by atoms with E-state index in [0.29, 0.717) is 36.9 Å². The maximum atomic E-state index is 12.1. The van der Waals surface area contributed by atoms with Crippen LogP contribution in [0.25, 0.3) is 5.69 Å². The zero-order valence-corrected chi connectivity index (χ0v) is 14.3. The van der Waals surface area contributed by atoms with Gasteiger partial charge in [0.15, 0.2) is 5.69 Å². The average molecular weight is 360 g/mol. The van der Waals surface area contributed by atoms with Gasteiger partial charge in [-0.25, -0.2) is 4.68 Å². The van der Waals surface area contributed by atoms with Crippen molar-refractivity contribution in [3.05, 3.63) is 71.4 Å². The average Bonchev–Trinajstić information content (AvgIpc) is 3.30. The molecule has 0 radical (unpaired) electrons. The Labute approximate surface area is 150 Å². The van der Waals surface area contributed by atoms with Gasteiger partial charge in [-0.3, -0.25) is 4.79 Å². The Morgan fingerprint density at radius 2 is 2.12 bits per heavy atom. The van der Waals surface area contributed by atoms with Crippen LogP contribution >= 0.6 is 11.6 Å². The quantitative estimate of drug-likeness (QED) is 0.625. The first-order valence-corrected chi connectivity index (χ1v) is 8.31. The number of para-hydroxylation sites is 1. The molecule has 2 heterocycles. The van der Waals surface area contributed by atoms with Crippen LogP contribution in [-0.4, -0.2) is 28.8 Å². The Bertz CT molecular complexity index is 815. The molecule has 0 aliphatic rings. The molecule has 6 nitrogen and oxygen atoms in total. The van der Waals surface area contributed by atoms with E-state index in [-0.39, 0.29) is 5.91 Å². The topological polar surface area (TPSA) is 69.3 Å². The fourth-order valence-corrected chi connectivity index (χ4v) is 2.47. The van der Waals surface area contributed by atoms with E-state index in [1.54, 1.807) is 29.3 Å². The van der Waals surface area contributed by atoms with E-state index >= 15 is 0 Å². The summed E-state index contributed by atoms with van der Waals surface area (Å²) in [7, 11) is 0. The number of ether oxygens (including phenoxy) is 1. The molecule has 0 saturated heterocycles. The molecule has 0 aliphatic carbocycles. The van der Waals surface area contributed by atoms with Crippen LogP contribution in [0, 0.1) is 0 Å². The number of carbonyl (C=O) groups is 1. The van der Waals surface area contributed by atoms with E-state index in [2.05, 4.69) is 10.4 Å². The number of nitrogens with one attached hydrogen (secondary N) is 1. The maximum absolute atomic E-state index is 12.1. The second kappa shape index (κ2) is 8.50. The van der Waals surface area contributed by atoms with Crippen molar-refractivity contribution in [2.45, 2.75) is 13.0 Å². The van der Waals surface area contributed by atoms with Crippen LogP contribution in [0.2, 0.25) is 5.02 Å². The van der Waals surface area contributed by atoms with E-state index in [1.807, 2.05) is 30.3 Å². The summed E-state index contributed by atoms with van der Waals surface area (Å²) in [4.78, 5) is 12.1. The third-order valence-electron chi connectivity index (χ3n) is 3.50. The molecule has 0 bridgehead atoms. The molecule has 0 saturated carbocycles. The van der Waals surface area contributed by atoms with E-state index in [9.17, 15) is 4.79 Å². The second-order valence-electron chi connectivity index (χ2n) is 5.34. The largest absolute Gasteiger partial charge is 0.467 e. The lowest BCUT2D eigenvalue weighted by molar-refractivity contribution is 0.0912. The Balaban J connectivity index is 1.42. The van der Waals surface area contributed by atoms with Crippen molar-refractivity contribution in [3.8, 4) is 5.69 Å².